The Kier molecular flexibility index (Phi) is 6.28. The second-order valence-electron chi connectivity index (χ2n) is 7.03. The minimum absolute atomic E-state index is 0.00353. The normalized spacial score (nSPS) is 15.0. The van der Waals surface area contributed by atoms with Gasteiger partial charge in [0.1, 0.15) is 5.82 Å². The van der Waals surface area contributed by atoms with Crippen LogP contribution >= 0.6 is 12.2 Å². The third kappa shape index (κ3) is 4.82. The van der Waals surface area contributed by atoms with E-state index >= 15 is 0 Å². The molecule has 0 fully saturated rings. The Hall–Kier alpha value is -2.67. The van der Waals surface area contributed by atoms with Gasteiger partial charge in [-0.2, -0.15) is 13.2 Å². The summed E-state index contributed by atoms with van der Waals surface area (Å²) in [5.74, 6) is -6.42. The highest BCUT2D eigenvalue weighted by atomic mass is 32.1. The van der Waals surface area contributed by atoms with Crippen molar-refractivity contribution in [2.75, 3.05) is 6.54 Å². The summed E-state index contributed by atoms with van der Waals surface area (Å²) in [6.07, 6.45) is -4.98. The fourth-order valence-corrected chi connectivity index (χ4v) is 3.77. The summed E-state index contributed by atoms with van der Waals surface area (Å²) in [7, 11) is 0. The first kappa shape index (κ1) is 23.0. The number of thiocarbonyl (C=S) groups is 1. The first-order valence-corrected chi connectivity index (χ1v) is 9.36. The van der Waals surface area contributed by atoms with E-state index in [1.807, 2.05) is 0 Å². The lowest BCUT2D eigenvalue weighted by Crippen LogP contribution is -2.41. The standard InChI is InChI=1S/C18H16F6N4O2S/c19-10-6-12(21)11(20)4-8(10)3-9(25)5-14(31)27-1-2-28-13(7-27)15(16(29)30)26-17(28)18(22,23)24/h4,6,9H,1-3,5,7,25H2,(H,29,30)/t9-/m0/s1. The fourth-order valence-electron chi connectivity index (χ4n) is 3.40. The highest BCUT2D eigenvalue weighted by molar-refractivity contribution is 7.80. The van der Waals surface area contributed by atoms with E-state index in [0.29, 0.717) is 12.1 Å². The molecule has 168 valence electrons. The van der Waals surface area contributed by atoms with Gasteiger partial charge in [-0.1, -0.05) is 12.2 Å². The number of hydrogen-bond donors (Lipinski definition) is 2. The molecular formula is C18H16F6N4O2S. The molecule has 3 rings (SSSR count). The summed E-state index contributed by atoms with van der Waals surface area (Å²) in [5, 5.41) is 9.21. The molecular weight excluding hydrogens is 450 g/mol. The van der Waals surface area contributed by atoms with Crippen LogP contribution in [-0.2, 0) is 25.7 Å². The number of carbonyl (C=O) groups is 1. The Balaban J connectivity index is 1.73. The molecule has 2 aromatic rings. The Morgan fingerprint density at radius 1 is 1.19 bits per heavy atom. The number of carboxylic acid groups (broad SMARTS) is 1. The first-order chi connectivity index (χ1) is 14.4. The number of imidazole rings is 1. The molecule has 3 N–H and O–H groups in total. The quantitative estimate of drug-likeness (QED) is 0.400. The van der Waals surface area contributed by atoms with Gasteiger partial charge in [-0.05, 0) is 18.1 Å². The average Bonchev–Trinajstić information content (AvgIpc) is 3.05. The fraction of sp³-hybridized carbons (Fsp3) is 0.389. The van der Waals surface area contributed by atoms with Crippen LogP contribution in [0.3, 0.4) is 0 Å². The van der Waals surface area contributed by atoms with Crippen molar-refractivity contribution >= 4 is 23.2 Å². The van der Waals surface area contributed by atoms with Crippen molar-refractivity contribution in [3.8, 4) is 0 Å². The topological polar surface area (TPSA) is 84.4 Å². The molecule has 0 saturated carbocycles. The highest BCUT2D eigenvalue weighted by Crippen LogP contribution is 2.32. The predicted octanol–water partition coefficient (Wildman–Crippen LogP) is 3.12. The van der Waals surface area contributed by atoms with Crippen LogP contribution in [0.25, 0.3) is 0 Å². The average molecular weight is 466 g/mol. The van der Waals surface area contributed by atoms with Crippen LogP contribution in [0.2, 0.25) is 0 Å². The van der Waals surface area contributed by atoms with Gasteiger partial charge in [0.15, 0.2) is 17.3 Å². The third-order valence-corrected chi connectivity index (χ3v) is 5.25. The van der Waals surface area contributed by atoms with Crippen LogP contribution < -0.4 is 5.73 Å². The summed E-state index contributed by atoms with van der Waals surface area (Å²) in [6.45, 7) is -0.371. The van der Waals surface area contributed by atoms with Gasteiger partial charge in [0, 0.05) is 31.6 Å². The number of carboxylic acids is 1. The lowest BCUT2D eigenvalue weighted by Gasteiger charge is -2.32. The van der Waals surface area contributed by atoms with E-state index in [0.717, 1.165) is 4.57 Å². The van der Waals surface area contributed by atoms with Crippen molar-refractivity contribution in [1.82, 2.24) is 14.5 Å². The van der Waals surface area contributed by atoms with Crippen LogP contribution in [-0.4, -0.2) is 43.1 Å². The maximum atomic E-state index is 13.8. The summed E-state index contributed by atoms with van der Waals surface area (Å²) in [6, 6.07) is 0.321. The van der Waals surface area contributed by atoms with Gasteiger partial charge in [0.2, 0.25) is 5.82 Å². The molecule has 0 bridgehead atoms. The van der Waals surface area contributed by atoms with E-state index in [1.54, 1.807) is 0 Å². The van der Waals surface area contributed by atoms with Crippen molar-refractivity contribution in [3.63, 3.8) is 0 Å². The number of aromatic nitrogens is 2. The molecule has 1 aliphatic rings. The van der Waals surface area contributed by atoms with Crippen LogP contribution in [0.4, 0.5) is 26.3 Å². The predicted molar refractivity (Wildman–Crippen MR) is 99.8 cm³/mol. The Bertz CT molecular complexity index is 1040. The number of hydrogen-bond acceptors (Lipinski definition) is 4. The van der Waals surface area contributed by atoms with Crippen LogP contribution in [0.5, 0.6) is 0 Å². The molecule has 1 aromatic carbocycles. The van der Waals surface area contributed by atoms with Gasteiger partial charge < -0.3 is 20.3 Å². The summed E-state index contributed by atoms with van der Waals surface area (Å²) in [5.41, 5.74) is 4.94. The molecule has 1 atom stereocenters. The van der Waals surface area contributed by atoms with Gasteiger partial charge in [-0.15, -0.1) is 0 Å². The number of fused-ring (bicyclic) bond motifs is 1. The zero-order valence-electron chi connectivity index (χ0n) is 15.7. The maximum Gasteiger partial charge on any atom is 0.449 e. The van der Waals surface area contributed by atoms with Gasteiger partial charge in [-0.3, -0.25) is 0 Å². The minimum atomic E-state index is -4.82. The van der Waals surface area contributed by atoms with E-state index in [1.165, 1.54) is 4.90 Å². The summed E-state index contributed by atoms with van der Waals surface area (Å²) in [4.78, 5) is 16.3. The molecule has 1 aliphatic heterocycles. The zero-order chi connectivity index (χ0) is 23.1. The van der Waals surface area contributed by atoms with Crippen molar-refractivity contribution < 1.29 is 36.2 Å². The lowest BCUT2D eigenvalue weighted by molar-refractivity contribution is -0.147. The number of rotatable bonds is 5. The molecule has 0 saturated heterocycles. The molecule has 0 amide bonds. The van der Waals surface area contributed by atoms with Gasteiger partial charge in [-0.25, -0.2) is 22.9 Å². The van der Waals surface area contributed by atoms with Crippen molar-refractivity contribution in [1.29, 1.82) is 0 Å². The largest absolute Gasteiger partial charge is 0.476 e. The monoisotopic (exact) mass is 466 g/mol. The molecule has 1 aromatic heterocycles. The Labute approximate surface area is 177 Å². The first-order valence-electron chi connectivity index (χ1n) is 8.95. The summed E-state index contributed by atoms with van der Waals surface area (Å²) >= 11 is 5.28. The number of aromatic carboxylic acids is 1. The highest BCUT2D eigenvalue weighted by Gasteiger charge is 2.41. The molecule has 6 nitrogen and oxygen atoms in total. The van der Waals surface area contributed by atoms with E-state index in [9.17, 15) is 36.2 Å². The van der Waals surface area contributed by atoms with Crippen molar-refractivity contribution in [2.24, 2.45) is 5.73 Å². The molecule has 0 unspecified atom stereocenters. The third-order valence-electron chi connectivity index (χ3n) is 4.82. The van der Waals surface area contributed by atoms with Crippen molar-refractivity contribution in [2.45, 2.75) is 38.1 Å². The van der Waals surface area contributed by atoms with Crippen LogP contribution in [0.15, 0.2) is 12.1 Å². The van der Waals surface area contributed by atoms with Gasteiger partial charge in [0.05, 0.1) is 17.2 Å². The smallest absolute Gasteiger partial charge is 0.449 e. The lowest BCUT2D eigenvalue weighted by atomic mass is 10.0. The number of halogens is 6. The van der Waals surface area contributed by atoms with Gasteiger partial charge in [0.25, 0.3) is 0 Å². The molecule has 0 aliphatic carbocycles. The summed E-state index contributed by atoms with van der Waals surface area (Å²) < 4.78 is 80.5. The van der Waals surface area contributed by atoms with E-state index in [2.05, 4.69) is 4.98 Å². The molecule has 0 spiro atoms. The van der Waals surface area contributed by atoms with Crippen LogP contribution in [0.1, 0.15) is 34.0 Å². The maximum absolute atomic E-state index is 13.8. The van der Waals surface area contributed by atoms with Gasteiger partial charge >= 0.3 is 12.1 Å². The zero-order valence-corrected chi connectivity index (χ0v) is 16.5. The Morgan fingerprint density at radius 2 is 1.84 bits per heavy atom. The second kappa shape index (κ2) is 8.46. The number of alkyl halides is 3. The SMILES string of the molecule is N[C@H](CC(=S)N1CCn2c(C(F)(F)F)nc(C(=O)O)c2C1)Cc1cc(F)c(F)cc1F. The number of benzene rings is 1. The number of nitrogens with two attached hydrogens (primary N) is 1. The molecule has 13 heteroatoms. The van der Waals surface area contributed by atoms with E-state index in [4.69, 9.17) is 18.0 Å². The van der Waals surface area contributed by atoms with E-state index < -0.39 is 47.2 Å². The Morgan fingerprint density at radius 3 is 2.45 bits per heavy atom. The van der Waals surface area contributed by atoms with Crippen LogP contribution in [0, 0.1) is 17.5 Å². The number of nitrogens with zero attached hydrogens (tertiary/aromatic N) is 3. The van der Waals surface area contributed by atoms with E-state index in [-0.39, 0.29) is 48.7 Å². The second-order valence-corrected chi connectivity index (χ2v) is 7.50. The molecule has 31 heavy (non-hydrogen) atoms. The van der Waals surface area contributed by atoms with Crippen molar-refractivity contribution in [3.05, 3.63) is 52.4 Å². The minimum Gasteiger partial charge on any atom is -0.476 e. The molecule has 0 radical (unpaired) electrons. The molecule has 2 heterocycles.